The van der Waals surface area contributed by atoms with Crippen LogP contribution in [0.25, 0.3) is 32.0 Å². The molecule has 0 amide bonds. The summed E-state index contributed by atoms with van der Waals surface area (Å²) in [5.74, 6) is 0.924. The number of carbonyl (C=O) groups excluding carboxylic acids is 1. The van der Waals surface area contributed by atoms with E-state index in [1.54, 1.807) is 0 Å². The zero-order valence-electron chi connectivity index (χ0n) is 18.8. The molecule has 0 atom stereocenters. The Balaban J connectivity index is 1.34. The van der Waals surface area contributed by atoms with Crippen molar-refractivity contribution in [3.05, 3.63) is 76.5 Å². The quantitative estimate of drug-likeness (QED) is 0.290. The predicted octanol–water partition coefficient (Wildman–Crippen LogP) is 4.57. The van der Waals surface area contributed by atoms with Gasteiger partial charge < -0.3 is 10.1 Å². The van der Waals surface area contributed by atoms with Gasteiger partial charge in [0.05, 0.1) is 17.2 Å². The summed E-state index contributed by atoms with van der Waals surface area (Å²) in [6.07, 6.45) is 3.07. The molecule has 5 rings (SSSR count). The number of aromatic amines is 1. The molecule has 0 radical (unpaired) electrons. The molecule has 0 spiro atoms. The van der Waals surface area contributed by atoms with Gasteiger partial charge in [-0.05, 0) is 29.7 Å². The van der Waals surface area contributed by atoms with Crippen molar-refractivity contribution >= 4 is 34.2 Å². The largest absolute Gasteiger partial charge is 0.492 e. The molecule has 2 N–H and O–H groups in total. The third kappa shape index (κ3) is 4.69. The molecule has 10 heteroatoms. The van der Waals surface area contributed by atoms with Crippen molar-refractivity contribution < 1.29 is 14.1 Å². The molecule has 5 aromatic rings. The van der Waals surface area contributed by atoms with Crippen LogP contribution in [0.1, 0.15) is 22.8 Å². The van der Waals surface area contributed by atoms with Gasteiger partial charge in [-0.15, -0.1) is 11.3 Å². The summed E-state index contributed by atoms with van der Waals surface area (Å²) in [7, 11) is 0. The minimum absolute atomic E-state index is 0.309. The van der Waals surface area contributed by atoms with Gasteiger partial charge in [-0.2, -0.15) is 0 Å². The van der Waals surface area contributed by atoms with Gasteiger partial charge >= 0.3 is 5.76 Å². The van der Waals surface area contributed by atoms with Gasteiger partial charge in [0.1, 0.15) is 22.8 Å². The number of H-pyrrole nitrogens is 1. The maximum Gasteiger partial charge on any atom is 0.439 e. The normalized spacial score (nSPS) is 11.0. The van der Waals surface area contributed by atoms with Crippen LogP contribution in [0.4, 0.5) is 5.82 Å². The Hall–Kier alpha value is -4.31. The molecule has 3 aromatic heterocycles. The molecule has 0 saturated heterocycles. The first-order chi connectivity index (χ1) is 17.2. The number of hydrogen-bond donors (Lipinski definition) is 2. The number of aldehydes is 1. The maximum absolute atomic E-state index is 11.8. The molecule has 0 aliphatic carbocycles. The fourth-order valence-corrected chi connectivity index (χ4v) is 4.87. The minimum Gasteiger partial charge on any atom is -0.492 e. The summed E-state index contributed by atoms with van der Waals surface area (Å²) in [4.78, 5) is 35.9. The number of rotatable bonds is 9. The van der Waals surface area contributed by atoms with E-state index < -0.39 is 5.76 Å². The van der Waals surface area contributed by atoms with E-state index in [-0.39, 0.29) is 0 Å². The second kappa shape index (κ2) is 9.90. The van der Waals surface area contributed by atoms with Gasteiger partial charge in [0.2, 0.25) is 0 Å². The summed E-state index contributed by atoms with van der Waals surface area (Å²) in [6, 6.07) is 15.6. The highest BCUT2D eigenvalue weighted by Crippen LogP contribution is 2.41. The smallest absolute Gasteiger partial charge is 0.439 e. The maximum atomic E-state index is 11.8. The standard InChI is InChI=1S/C25H21N5O4S/c1-2-33-20-12-21(35-23(20)24-29-25(32)34-30-24)19-11-22(28-14-27-19)26-10-9-16-8-7-15-5-3-4-6-17(15)18(16)13-31/h3-8,11-14H,2,9-10H2,1H3,(H,26,27,28)(H,29,30,32). The van der Waals surface area contributed by atoms with Crippen LogP contribution in [0.5, 0.6) is 5.75 Å². The lowest BCUT2D eigenvalue weighted by Crippen LogP contribution is -2.08. The topological polar surface area (TPSA) is 123 Å². The van der Waals surface area contributed by atoms with E-state index in [1.165, 1.54) is 17.7 Å². The zero-order valence-corrected chi connectivity index (χ0v) is 19.6. The first kappa shape index (κ1) is 22.5. The lowest BCUT2D eigenvalue weighted by molar-refractivity contribution is 0.112. The van der Waals surface area contributed by atoms with Gasteiger partial charge in [0.25, 0.3) is 0 Å². The zero-order chi connectivity index (χ0) is 24.2. The molecule has 0 aliphatic heterocycles. The van der Waals surface area contributed by atoms with Crippen LogP contribution in [0.15, 0.2) is 64.2 Å². The van der Waals surface area contributed by atoms with E-state index in [4.69, 9.17) is 4.74 Å². The fourth-order valence-electron chi connectivity index (χ4n) is 3.87. The van der Waals surface area contributed by atoms with Crippen molar-refractivity contribution in [3.63, 3.8) is 0 Å². The van der Waals surface area contributed by atoms with Crippen LogP contribution in [-0.2, 0) is 6.42 Å². The average molecular weight is 488 g/mol. The molecule has 0 fully saturated rings. The third-order valence-electron chi connectivity index (χ3n) is 5.45. The molecule has 35 heavy (non-hydrogen) atoms. The molecular weight excluding hydrogens is 466 g/mol. The first-order valence-corrected chi connectivity index (χ1v) is 11.8. The summed E-state index contributed by atoms with van der Waals surface area (Å²) in [5.41, 5.74) is 2.39. The average Bonchev–Trinajstić information content (AvgIpc) is 3.50. The Morgan fingerprint density at radius 2 is 2.06 bits per heavy atom. The van der Waals surface area contributed by atoms with Crippen molar-refractivity contribution in [2.45, 2.75) is 13.3 Å². The van der Waals surface area contributed by atoms with Crippen molar-refractivity contribution in [1.82, 2.24) is 20.1 Å². The number of fused-ring (bicyclic) bond motifs is 1. The monoisotopic (exact) mass is 487 g/mol. The van der Waals surface area contributed by atoms with Gasteiger partial charge in [0.15, 0.2) is 12.1 Å². The van der Waals surface area contributed by atoms with E-state index in [9.17, 15) is 9.59 Å². The first-order valence-electron chi connectivity index (χ1n) is 11.0. The van der Waals surface area contributed by atoms with Crippen molar-refractivity contribution in [2.75, 3.05) is 18.5 Å². The number of aromatic nitrogens is 4. The van der Waals surface area contributed by atoms with Crippen LogP contribution in [0.3, 0.4) is 0 Å². The highest BCUT2D eigenvalue weighted by atomic mass is 32.1. The number of ether oxygens (including phenoxy) is 1. The summed E-state index contributed by atoms with van der Waals surface area (Å²) in [5, 5.41) is 9.09. The summed E-state index contributed by atoms with van der Waals surface area (Å²) in [6.45, 7) is 2.93. The van der Waals surface area contributed by atoms with E-state index in [1.807, 2.05) is 55.5 Å². The number of anilines is 1. The lowest BCUT2D eigenvalue weighted by Gasteiger charge is -2.10. The third-order valence-corrected chi connectivity index (χ3v) is 6.60. The van der Waals surface area contributed by atoms with E-state index in [2.05, 4.69) is 29.9 Å². The van der Waals surface area contributed by atoms with E-state index >= 15 is 0 Å². The molecule has 0 saturated carbocycles. The Kier molecular flexibility index (Phi) is 6.36. The van der Waals surface area contributed by atoms with Crippen molar-refractivity contribution in [1.29, 1.82) is 0 Å². The number of nitrogens with one attached hydrogen (secondary N) is 2. The number of hydrogen-bond acceptors (Lipinski definition) is 9. The number of thiophene rings is 1. The molecule has 0 bridgehead atoms. The summed E-state index contributed by atoms with van der Waals surface area (Å²) >= 11 is 1.38. The fraction of sp³-hybridized carbons (Fsp3) is 0.160. The van der Waals surface area contributed by atoms with Gasteiger partial charge in [0, 0.05) is 24.2 Å². The second-order valence-electron chi connectivity index (χ2n) is 7.62. The Morgan fingerprint density at radius 3 is 2.86 bits per heavy atom. The molecule has 9 nitrogen and oxygen atoms in total. The predicted molar refractivity (Wildman–Crippen MR) is 134 cm³/mol. The Bertz CT molecular complexity index is 1560. The highest BCUT2D eigenvalue weighted by molar-refractivity contribution is 7.19. The van der Waals surface area contributed by atoms with Crippen LogP contribution in [0, 0.1) is 0 Å². The lowest BCUT2D eigenvalue weighted by atomic mass is 9.98. The molecule has 3 heterocycles. The minimum atomic E-state index is -0.630. The molecule has 176 valence electrons. The van der Waals surface area contributed by atoms with Gasteiger partial charge in [-0.1, -0.05) is 41.6 Å². The SMILES string of the molecule is CCOc1cc(-c2cc(NCCc3ccc4ccccc4c3C=O)ncn2)sc1-c1noc(=O)[nH]1. The van der Waals surface area contributed by atoms with Crippen molar-refractivity contribution in [2.24, 2.45) is 0 Å². The van der Waals surface area contributed by atoms with Crippen LogP contribution in [-0.4, -0.2) is 39.5 Å². The second-order valence-corrected chi connectivity index (χ2v) is 8.68. The van der Waals surface area contributed by atoms with Crippen molar-refractivity contribution in [3.8, 4) is 27.0 Å². The molecule has 2 aromatic carbocycles. The Labute approximate surface area is 203 Å². The van der Waals surface area contributed by atoms with Gasteiger partial charge in [-0.3, -0.25) is 14.3 Å². The van der Waals surface area contributed by atoms with E-state index in [0.29, 0.717) is 53.1 Å². The van der Waals surface area contributed by atoms with E-state index in [0.717, 1.165) is 27.5 Å². The summed E-state index contributed by atoms with van der Waals surface area (Å²) < 4.78 is 10.4. The molecule has 0 unspecified atom stereocenters. The number of carbonyl (C=O) groups is 1. The number of nitrogens with zero attached hydrogens (tertiary/aromatic N) is 3. The van der Waals surface area contributed by atoms with Gasteiger partial charge in [-0.25, -0.2) is 14.8 Å². The molecule has 0 aliphatic rings. The highest BCUT2D eigenvalue weighted by Gasteiger charge is 2.18. The van der Waals surface area contributed by atoms with Crippen LogP contribution in [0.2, 0.25) is 0 Å². The van der Waals surface area contributed by atoms with Crippen LogP contribution < -0.4 is 15.8 Å². The molecular formula is C25H21N5O4S. The number of benzene rings is 2. The van der Waals surface area contributed by atoms with Crippen LogP contribution >= 0.6 is 11.3 Å². The Morgan fingerprint density at radius 1 is 1.17 bits per heavy atom.